The van der Waals surface area contributed by atoms with Crippen LogP contribution >= 0.6 is 37.2 Å². The number of nitrogens with two attached hydrogens (primary N) is 1. The first-order valence-electron chi connectivity index (χ1n) is 8.52. The zero-order valence-electron chi connectivity index (χ0n) is 15.8. The summed E-state index contributed by atoms with van der Waals surface area (Å²) in [5, 5.41) is 0. The molecule has 1 aliphatic rings. The summed E-state index contributed by atoms with van der Waals surface area (Å²) < 4.78 is 0. The molecule has 1 fully saturated rings. The van der Waals surface area contributed by atoms with Gasteiger partial charge in [-0.15, -0.1) is 37.2 Å². The van der Waals surface area contributed by atoms with Gasteiger partial charge in [-0.1, -0.05) is 32.0 Å². The zero-order valence-corrected chi connectivity index (χ0v) is 18.3. The number of carbonyl (C=O) groups excluding carboxylic acids is 1. The van der Waals surface area contributed by atoms with Crippen molar-refractivity contribution in [3.63, 3.8) is 0 Å². The molecule has 1 amide bonds. The summed E-state index contributed by atoms with van der Waals surface area (Å²) >= 11 is 0. The molecular formula is C18H33Cl3N4O. The van der Waals surface area contributed by atoms with Gasteiger partial charge >= 0.3 is 0 Å². The van der Waals surface area contributed by atoms with E-state index in [4.69, 9.17) is 5.73 Å². The Balaban J connectivity index is 0. The molecule has 0 bridgehead atoms. The van der Waals surface area contributed by atoms with Crippen LogP contribution in [0.15, 0.2) is 30.3 Å². The molecule has 1 aromatic rings. The summed E-state index contributed by atoms with van der Waals surface area (Å²) in [6, 6.07) is 10.1. The Morgan fingerprint density at radius 2 is 1.62 bits per heavy atom. The van der Waals surface area contributed by atoms with Crippen molar-refractivity contribution in [1.29, 1.82) is 0 Å². The van der Waals surface area contributed by atoms with E-state index in [-0.39, 0.29) is 49.0 Å². The molecule has 0 aromatic heterocycles. The van der Waals surface area contributed by atoms with Crippen molar-refractivity contribution in [2.45, 2.75) is 19.9 Å². The minimum atomic E-state index is -0.394. The normalized spacial score (nSPS) is 15.3. The van der Waals surface area contributed by atoms with Crippen LogP contribution in [-0.2, 0) is 4.79 Å². The van der Waals surface area contributed by atoms with Gasteiger partial charge in [-0.3, -0.25) is 9.69 Å². The molecule has 2 N–H and O–H groups in total. The second kappa shape index (κ2) is 13.4. The molecule has 0 aliphatic carbocycles. The maximum Gasteiger partial charge on any atom is 0.239 e. The van der Waals surface area contributed by atoms with Crippen LogP contribution in [0.5, 0.6) is 0 Å². The number of carbonyl (C=O) groups is 1. The molecule has 8 heteroatoms. The van der Waals surface area contributed by atoms with Gasteiger partial charge in [-0.25, -0.2) is 0 Å². The molecule has 0 spiro atoms. The van der Waals surface area contributed by atoms with E-state index in [2.05, 4.69) is 40.1 Å². The lowest BCUT2D eigenvalue weighted by Crippen LogP contribution is -2.50. The lowest BCUT2D eigenvalue weighted by molar-refractivity contribution is -0.132. The van der Waals surface area contributed by atoms with Crippen molar-refractivity contribution < 1.29 is 4.79 Å². The molecule has 1 aliphatic heterocycles. The van der Waals surface area contributed by atoms with E-state index in [1.807, 2.05) is 20.9 Å². The van der Waals surface area contributed by atoms with Crippen molar-refractivity contribution in [2.75, 3.05) is 51.2 Å². The molecule has 2 rings (SSSR count). The van der Waals surface area contributed by atoms with E-state index in [0.717, 1.165) is 39.3 Å². The largest absolute Gasteiger partial charge is 0.369 e. The first kappa shape index (κ1) is 27.5. The molecule has 5 nitrogen and oxygen atoms in total. The zero-order chi connectivity index (χ0) is 16.8. The van der Waals surface area contributed by atoms with Crippen LogP contribution in [0.2, 0.25) is 0 Å². The second-order valence-electron chi connectivity index (χ2n) is 6.69. The molecule has 152 valence electrons. The number of hydrogen-bond donors (Lipinski definition) is 1. The van der Waals surface area contributed by atoms with E-state index < -0.39 is 6.04 Å². The van der Waals surface area contributed by atoms with E-state index in [1.165, 1.54) is 5.69 Å². The monoisotopic (exact) mass is 426 g/mol. The lowest BCUT2D eigenvalue weighted by Gasteiger charge is -2.37. The predicted octanol–water partition coefficient (Wildman–Crippen LogP) is 2.52. The highest BCUT2D eigenvalue weighted by atomic mass is 35.5. The van der Waals surface area contributed by atoms with Crippen LogP contribution in [0.3, 0.4) is 0 Å². The quantitative estimate of drug-likeness (QED) is 0.758. The minimum absolute atomic E-state index is 0. The fourth-order valence-corrected chi connectivity index (χ4v) is 2.81. The highest BCUT2D eigenvalue weighted by molar-refractivity contribution is 5.86. The number of para-hydroxylation sites is 1. The number of nitrogens with zero attached hydrogens (tertiary/aromatic N) is 3. The topological polar surface area (TPSA) is 52.8 Å². The van der Waals surface area contributed by atoms with Gasteiger partial charge in [-0.2, -0.15) is 0 Å². The van der Waals surface area contributed by atoms with Crippen LogP contribution < -0.4 is 10.6 Å². The highest BCUT2D eigenvalue weighted by Gasteiger charge is 2.22. The fraction of sp³-hybridized carbons (Fsp3) is 0.611. The van der Waals surface area contributed by atoms with E-state index in [0.29, 0.717) is 0 Å². The minimum Gasteiger partial charge on any atom is -0.369 e. The van der Waals surface area contributed by atoms with Gasteiger partial charge in [-0.05, 0) is 18.1 Å². The maximum atomic E-state index is 12.2. The first-order valence-corrected chi connectivity index (χ1v) is 8.52. The summed E-state index contributed by atoms with van der Waals surface area (Å²) in [5.74, 6) is 0.224. The lowest BCUT2D eigenvalue weighted by atomic mass is 10.0. The van der Waals surface area contributed by atoms with Crippen LogP contribution in [0.25, 0.3) is 0 Å². The molecule has 1 saturated heterocycles. The van der Waals surface area contributed by atoms with Crippen molar-refractivity contribution in [1.82, 2.24) is 9.80 Å². The Morgan fingerprint density at radius 1 is 1.08 bits per heavy atom. The molecule has 1 atom stereocenters. The fourth-order valence-electron chi connectivity index (χ4n) is 2.81. The van der Waals surface area contributed by atoms with Crippen LogP contribution in [0.4, 0.5) is 5.69 Å². The Morgan fingerprint density at radius 3 is 2.12 bits per heavy atom. The molecule has 0 saturated carbocycles. The molecular weight excluding hydrogens is 395 g/mol. The molecule has 1 heterocycles. The van der Waals surface area contributed by atoms with Crippen molar-refractivity contribution >= 4 is 48.8 Å². The third-order valence-corrected chi connectivity index (χ3v) is 4.62. The van der Waals surface area contributed by atoms with E-state index in [9.17, 15) is 4.79 Å². The molecule has 1 aromatic carbocycles. The van der Waals surface area contributed by atoms with Gasteiger partial charge in [0.15, 0.2) is 0 Å². The Kier molecular flexibility index (Phi) is 14.2. The number of hydrogen-bond acceptors (Lipinski definition) is 4. The van der Waals surface area contributed by atoms with Crippen molar-refractivity contribution in [3.8, 4) is 0 Å². The maximum absolute atomic E-state index is 12.2. The van der Waals surface area contributed by atoms with Gasteiger partial charge in [0.1, 0.15) is 0 Å². The summed E-state index contributed by atoms with van der Waals surface area (Å²) in [6.07, 6.45) is 0. The average molecular weight is 428 g/mol. The molecule has 0 radical (unpaired) electrons. The van der Waals surface area contributed by atoms with Gasteiger partial charge in [0, 0.05) is 52.0 Å². The van der Waals surface area contributed by atoms with Gasteiger partial charge in [0.05, 0.1) is 6.04 Å². The van der Waals surface area contributed by atoms with E-state index >= 15 is 0 Å². The number of anilines is 1. The van der Waals surface area contributed by atoms with Crippen LogP contribution in [-0.4, -0.2) is 68.1 Å². The first-order chi connectivity index (χ1) is 11.0. The van der Waals surface area contributed by atoms with Crippen LogP contribution in [0.1, 0.15) is 13.8 Å². The van der Waals surface area contributed by atoms with Gasteiger partial charge < -0.3 is 15.5 Å². The van der Waals surface area contributed by atoms with E-state index in [1.54, 1.807) is 4.90 Å². The SMILES string of the molecule is CC(C)[C@H](N)C(=O)N(C)CCN1CCN(c2ccccc2)CC1.Cl.Cl.Cl. The second-order valence-corrected chi connectivity index (χ2v) is 6.69. The highest BCUT2D eigenvalue weighted by Crippen LogP contribution is 2.15. The number of rotatable bonds is 6. The van der Waals surface area contributed by atoms with Gasteiger partial charge in [0.2, 0.25) is 5.91 Å². The third-order valence-electron chi connectivity index (χ3n) is 4.62. The summed E-state index contributed by atoms with van der Waals surface area (Å²) in [5.41, 5.74) is 7.23. The summed E-state index contributed by atoms with van der Waals surface area (Å²) in [7, 11) is 1.85. The predicted molar refractivity (Wildman–Crippen MR) is 117 cm³/mol. The van der Waals surface area contributed by atoms with Crippen molar-refractivity contribution in [2.24, 2.45) is 11.7 Å². The number of halogens is 3. The summed E-state index contributed by atoms with van der Waals surface area (Å²) in [4.78, 5) is 18.8. The third kappa shape index (κ3) is 7.89. The Labute approximate surface area is 176 Å². The van der Waals surface area contributed by atoms with Crippen molar-refractivity contribution in [3.05, 3.63) is 30.3 Å². The Bertz CT molecular complexity index is 496. The Hall–Kier alpha value is -0.720. The smallest absolute Gasteiger partial charge is 0.239 e. The standard InChI is InChI=1S/C18H30N4O.3ClH/c1-15(2)17(19)18(23)20(3)9-10-21-11-13-22(14-12-21)16-7-5-4-6-8-16;;;/h4-8,15,17H,9-14,19H2,1-3H3;3*1H/t17-;;;/m0.../s1. The summed E-state index contributed by atoms with van der Waals surface area (Å²) in [6.45, 7) is 9.76. The number of piperazine rings is 1. The number of amides is 1. The van der Waals surface area contributed by atoms with Crippen LogP contribution in [0, 0.1) is 5.92 Å². The van der Waals surface area contributed by atoms with Gasteiger partial charge in [0.25, 0.3) is 0 Å². The number of benzene rings is 1. The average Bonchev–Trinajstić information content (AvgIpc) is 2.59. The molecule has 26 heavy (non-hydrogen) atoms. The molecule has 0 unspecified atom stereocenters. The number of likely N-dealkylation sites (N-methyl/N-ethyl adjacent to an activating group) is 1.